The lowest BCUT2D eigenvalue weighted by Crippen LogP contribution is -2.49. The average molecular weight is 486 g/mol. The van der Waals surface area contributed by atoms with E-state index in [1.807, 2.05) is 30.3 Å². The van der Waals surface area contributed by atoms with Gasteiger partial charge in [-0.15, -0.1) is 0 Å². The Morgan fingerprint density at radius 2 is 1.69 bits per heavy atom. The van der Waals surface area contributed by atoms with Gasteiger partial charge in [-0.1, -0.05) is 30.3 Å². The summed E-state index contributed by atoms with van der Waals surface area (Å²) in [6.45, 7) is 0.485. The van der Waals surface area contributed by atoms with Gasteiger partial charge in [0.15, 0.2) is 11.5 Å². The molecule has 0 aliphatic rings. The SMILES string of the molecule is COc1ccc(C(=O)NCCN/C=C(\N)C(=O)NC(Cc2ccccc2)B(O)O)c(OC)c1OC. The van der Waals surface area contributed by atoms with Crippen LogP contribution in [0.25, 0.3) is 0 Å². The molecule has 1 atom stereocenters. The summed E-state index contributed by atoms with van der Waals surface area (Å²) in [6.07, 6.45) is 1.50. The molecule has 0 saturated heterocycles. The number of nitrogens with one attached hydrogen (secondary N) is 3. The Labute approximate surface area is 204 Å². The number of amides is 2. The summed E-state index contributed by atoms with van der Waals surface area (Å²) in [5.41, 5.74) is 6.72. The number of benzene rings is 2. The Bertz CT molecular complexity index is 1020. The number of nitrogens with two attached hydrogens (primary N) is 1. The fourth-order valence-electron chi connectivity index (χ4n) is 3.22. The summed E-state index contributed by atoms with van der Waals surface area (Å²) in [7, 11) is 2.60. The van der Waals surface area contributed by atoms with Gasteiger partial charge in [0.25, 0.3) is 11.8 Å². The normalized spacial score (nSPS) is 11.7. The van der Waals surface area contributed by atoms with Gasteiger partial charge in [-0.05, 0) is 24.1 Å². The second kappa shape index (κ2) is 13.7. The number of rotatable bonds is 13. The van der Waals surface area contributed by atoms with Crippen molar-refractivity contribution in [2.45, 2.75) is 12.4 Å². The maximum Gasteiger partial charge on any atom is 0.475 e. The highest BCUT2D eigenvalue weighted by atomic mass is 16.5. The Morgan fingerprint density at radius 3 is 2.29 bits per heavy atom. The van der Waals surface area contributed by atoms with Gasteiger partial charge in [-0.25, -0.2) is 0 Å². The maximum absolute atomic E-state index is 12.6. The van der Waals surface area contributed by atoms with Crippen LogP contribution in [0.15, 0.2) is 54.4 Å². The highest BCUT2D eigenvalue weighted by molar-refractivity contribution is 6.43. The molecule has 0 aliphatic carbocycles. The van der Waals surface area contributed by atoms with E-state index in [0.29, 0.717) is 11.5 Å². The zero-order valence-electron chi connectivity index (χ0n) is 19.9. The van der Waals surface area contributed by atoms with Gasteiger partial charge in [0.05, 0.1) is 32.8 Å². The van der Waals surface area contributed by atoms with Gasteiger partial charge in [0.2, 0.25) is 5.75 Å². The van der Waals surface area contributed by atoms with Crippen LogP contribution in [-0.2, 0) is 11.2 Å². The summed E-state index contributed by atoms with van der Waals surface area (Å²) in [6, 6.07) is 12.3. The molecule has 1 unspecified atom stereocenters. The van der Waals surface area contributed by atoms with Crippen molar-refractivity contribution in [2.24, 2.45) is 5.73 Å². The second-order valence-electron chi connectivity index (χ2n) is 7.37. The molecular formula is C23H31BN4O7. The Balaban J connectivity index is 1.86. The van der Waals surface area contributed by atoms with E-state index in [0.717, 1.165) is 5.56 Å². The van der Waals surface area contributed by atoms with Crippen molar-refractivity contribution in [1.82, 2.24) is 16.0 Å². The van der Waals surface area contributed by atoms with Crippen LogP contribution in [0.3, 0.4) is 0 Å². The third-order valence-corrected chi connectivity index (χ3v) is 5.00. The van der Waals surface area contributed by atoms with Crippen LogP contribution in [0.5, 0.6) is 17.2 Å². The van der Waals surface area contributed by atoms with Crippen LogP contribution in [-0.4, -0.2) is 69.3 Å². The predicted molar refractivity (Wildman–Crippen MR) is 131 cm³/mol. The van der Waals surface area contributed by atoms with E-state index in [1.54, 1.807) is 12.1 Å². The maximum atomic E-state index is 12.6. The minimum Gasteiger partial charge on any atom is -0.493 e. The van der Waals surface area contributed by atoms with Crippen molar-refractivity contribution >= 4 is 18.9 Å². The largest absolute Gasteiger partial charge is 0.493 e. The molecule has 0 aliphatic heterocycles. The van der Waals surface area contributed by atoms with Crippen LogP contribution in [0.2, 0.25) is 0 Å². The minimum atomic E-state index is -1.76. The van der Waals surface area contributed by atoms with Crippen molar-refractivity contribution < 1.29 is 33.8 Å². The number of carbonyl (C=O) groups excluding carboxylic acids is 2. The zero-order valence-corrected chi connectivity index (χ0v) is 19.9. The van der Waals surface area contributed by atoms with Crippen LogP contribution in [0.1, 0.15) is 15.9 Å². The molecule has 0 aromatic heterocycles. The molecule has 0 fully saturated rings. The molecular weight excluding hydrogens is 455 g/mol. The highest BCUT2D eigenvalue weighted by Gasteiger charge is 2.26. The first-order valence-electron chi connectivity index (χ1n) is 10.8. The molecule has 35 heavy (non-hydrogen) atoms. The topological polar surface area (TPSA) is 164 Å². The minimum absolute atomic E-state index is 0.156. The van der Waals surface area contributed by atoms with Gasteiger partial charge in [-0.3, -0.25) is 9.59 Å². The summed E-state index contributed by atoms with van der Waals surface area (Å²) in [5, 5.41) is 27.2. The third-order valence-electron chi connectivity index (χ3n) is 5.00. The van der Waals surface area contributed by atoms with Crippen LogP contribution in [0, 0.1) is 0 Å². The number of hydrogen-bond donors (Lipinski definition) is 6. The van der Waals surface area contributed by atoms with E-state index in [1.165, 1.54) is 27.5 Å². The standard InChI is InChI=1S/C23H31BN4O7/c1-33-18-10-9-16(20(34-2)21(18)35-3)22(29)27-12-11-26-14-17(25)23(30)28-19(24(31)32)13-15-7-5-4-6-8-15/h4-10,14,19,26,31-32H,11-13,25H2,1-3H3,(H,27,29)(H,28,30)/b17-14-. The van der Waals surface area contributed by atoms with E-state index in [9.17, 15) is 19.6 Å². The lowest BCUT2D eigenvalue weighted by molar-refractivity contribution is -0.118. The number of ether oxygens (including phenoxy) is 3. The summed E-state index contributed by atoms with van der Waals surface area (Å²) in [4.78, 5) is 24.9. The van der Waals surface area contributed by atoms with E-state index in [4.69, 9.17) is 19.9 Å². The molecule has 2 amide bonds. The molecule has 0 saturated carbocycles. The van der Waals surface area contributed by atoms with Gasteiger partial charge in [0, 0.05) is 19.3 Å². The van der Waals surface area contributed by atoms with Crippen molar-refractivity contribution in [1.29, 1.82) is 0 Å². The molecule has 11 nitrogen and oxygen atoms in total. The fourth-order valence-corrected chi connectivity index (χ4v) is 3.22. The Hall–Kier alpha value is -3.90. The average Bonchev–Trinajstić information content (AvgIpc) is 2.87. The predicted octanol–water partition coefficient (Wildman–Crippen LogP) is -0.429. The molecule has 188 valence electrons. The lowest BCUT2D eigenvalue weighted by Gasteiger charge is -2.18. The Kier molecular flexibility index (Phi) is 10.7. The highest BCUT2D eigenvalue weighted by Crippen LogP contribution is 2.39. The van der Waals surface area contributed by atoms with E-state index < -0.39 is 19.0 Å². The first-order chi connectivity index (χ1) is 16.8. The second-order valence-corrected chi connectivity index (χ2v) is 7.37. The fraction of sp³-hybridized carbons (Fsp3) is 0.304. The Morgan fingerprint density at radius 1 is 1.00 bits per heavy atom. The molecule has 2 rings (SSSR count). The summed E-state index contributed by atoms with van der Waals surface area (Å²) >= 11 is 0. The monoisotopic (exact) mass is 486 g/mol. The molecule has 12 heteroatoms. The van der Waals surface area contributed by atoms with Crippen molar-refractivity contribution in [2.75, 3.05) is 34.4 Å². The zero-order chi connectivity index (χ0) is 25.8. The van der Waals surface area contributed by atoms with Crippen molar-refractivity contribution in [3.63, 3.8) is 0 Å². The lowest BCUT2D eigenvalue weighted by atomic mass is 9.76. The summed E-state index contributed by atoms with van der Waals surface area (Å²) < 4.78 is 15.8. The van der Waals surface area contributed by atoms with Gasteiger partial charge in [0.1, 0.15) is 5.70 Å². The smallest absolute Gasteiger partial charge is 0.475 e. The van der Waals surface area contributed by atoms with Gasteiger partial charge in [-0.2, -0.15) is 0 Å². The molecule has 0 spiro atoms. The number of methoxy groups -OCH3 is 3. The first-order valence-corrected chi connectivity index (χ1v) is 10.8. The quantitative estimate of drug-likeness (QED) is 0.125. The van der Waals surface area contributed by atoms with E-state index in [-0.39, 0.29) is 42.4 Å². The van der Waals surface area contributed by atoms with Gasteiger partial charge < -0.3 is 45.9 Å². The van der Waals surface area contributed by atoms with E-state index in [2.05, 4.69) is 16.0 Å². The molecule has 2 aromatic rings. The van der Waals surface area contributed by atoms with Crippen LogP contribution in [0.4, 0.5) is 0 Å². The molecule has 0 heterocycles. The van der Waals surface area contributed by atoms with Gasteiger partial charge >= 0.3 is 7.12 Å². The summed E-state index contributed by atoms with van der Waals surface area (Å²) in [5.74, 6) is -1.00. The van der Waals surface area contributed by atoms with Crippen LogP contribution < -0.4 is 35.9 Å². The molecule has 2 aromatic carbocycles. The number of hydrogen-bond acceptors (Lipinski definition) is 9. The van der Waals surface area contributed by atoms with Crippen LogP contribution >= 0.6 is 0 Å². The molecule has 7 N–H and O–H groups in total. The first kappa shape index (κ1) is 27.4. The number of carbonyl (C=O) groups is 2. The van der Waals surface area contributed by atoms with Crippen molar-refractivity contribution in [3.05, 3.63) is 65.5 Å². The van der Waals surface area contributed by atoms with E-state index >= 15 is 0 Å². The third kappa shape index (κ3) is 7.83. The van der Waals surface area contributed by atoms with Crippen molar-refractivity contribution in [3.8, 4) is 17.2 Å². The molecule has 0 radical (unpaired) electrons. The molecule has 0 bridgehead atoms.